The molecule has 0 aromatic heterocycles. The molecule has 0 amide bonds. The summed E-state index contributed by atoms with van der Waals surface area (Å²) in [7, 11) is -2.41. The average molecular weight is 361 g/mol. The lowest BCUT2D eigenvalue weighted by molar-refractivity contribution is 0.202. The van der Waals surface area contributed by atoms with Gasteiger partial charge in [0.15, 0.2) is 0 Å². The van der Waals surface area contributed by atoms with Gasteiger partial charge in [-0.1, -0.05) is 35.3 Å². The van der Waals surface area contributed by atoms with Gasteiger partial charge in [0.05, 0.1) is 11.6 Å². The monoisotopic (exact) mass is 360 g/mol. The smallest absolute Gasteiger partial charge is 0.340 e. The van der Waals surface area contributed by atoms with Gasteiger partial charge in [0.25, 0.3) is 0 Å². The van der Waals surface area contributed by atoms with E-state index in [0.29, 0.717) is 6.61 Å². The summed E-state index contributed by atoms with van der Waals surface area (Å²) in [5, 5.41) is 0.322. The highest BCUT2D eigenvalue weighted by Crippen LogP contribution is 2.27. The molecule has 2 aromatic carbocycles. The normalized spacial score (nSPS) is 11.4. The number of hydrogen-bond acceptors (Lipinski definition) is 4. The number of rotatable bonds is 6. The van der Waals surface area contributed by atoms with E-state index in [4.69, 9.17) is 32.1 Å². The fourth-order valence-electron chi connectivity index (χ4n) is 1.77. The van der Waals surface area contributed by atoms with Crippen LogP contribution in [-0.2, 0) is 21.3 Å². The molecule has 0 aliphatic carbocycles. The van der Waals surface area contributed by atoms with Crippen LogP contribution in [0.15, 0.2) is 47.4 Å². The van der Waals surface area contributed by atoms with E-state index in [1.54, 1.807) is 31.4 Å². The Hall–Kier alpha value is -1.27. The zero-order valence-electron chi connectivity index (χ0n) is 11.8. The van der Waals surface area contributed by atoms with E-state index in [0.717, 1.165) is 12.0 Å². The maximum atomic E-state index is 12.2. The molecule has 7 heteroatoms. The van der Waals surface area contributed by atoms with Crippen molar-refractivity contribution in [2.75, 3.05) is 13.7 Å². The molecule has 0 N–H and O–H groups in total. The second-order valence-electron chi connectivity index (χ2n) is 4.50. The fourth-order valence-corrected chi connectivity index (χ4v) is 3.44. The maximum absolute atomic E-state index is 12.2. The van der Waals surface area contributed by atoms with Crippen molar-refractivity contribution in [2.24, 2.45) is 0 Å². The molecule has 0 atom stereocenters. The van der Waals surface area contributed by atoms with Crippen LogP contribution < -0.4 is 4.18 Å². The van der Waals surface area contributed by atoms with Crippen molar-refractivity contribution in [3.8, 4) is 5.75 Å². The first kappa shape index (κ1) is 17.1. The summed E-state index contributed by atoms with van der Waals surface area (Å²) < 4.78 is 34.6. The molecule has 0 aliphatic rings. The molecule has 0 spiro atoms. The van der Waals surface area contributed by atoms with Crippen molar-refractivity contribution >= 4 is 33.3 Å². The van der Waals surface area contributed by atoms with Gasteiger partial charge in [0.2, 0.25) is 0 Å². The van der Waals surface area contributed by atoms with Crippen LogP contribution in [0.25, 0.3) is 0 Å². The van der Waals surface area contributed by atoms with Crippen molar-refractivity contribution in [3.63, 3.8) is 0 Å². The summed E-state index contributed by atoms with van der Waals surface area (Å²) in [6.45, 7) is 0.594. The van der Waals surface area contributed by atoms with E-state index in [9.17, 15) is 8.42 Å². The second kappa shape index (κ2) is 7.33. The van der Waals surface area contributed by atoms with Gasteiger partial charge >= 0.3 is 10.1 Å². The Morgan fingerprint density at radius 1 is 1.05 bits per heavy atom. The van der Waals surface area contributed by atoms with E-state index in [1.165, 1.54) is 18.2 Å². The van der Waals surface area contributed by atoms with Gasteiger partial charge in [0.1, 0.15) is 10.6 Å². The minimum atomic E-state index is -4.04. The summed E-state index contributed by atoms with van der Waals surface area (Å²) in [4.78, 5) is -0.162. The second-order valence-corrected chi connectivity index (χ2v) is 6.86. The summed E-state index contributed by atoms with van der Waals surface area (Å²) in [6.07, 6.45) is 0.740. The highest BCUT2D eigenvalue weighted by atomic mass is 35.5. The minimum absolute atomic E-state index is 0.0566. The first-order chi connectivity index (χ1) is 10.4. The Kier molecular flexibility index (Phi) is 5.69. The largest absolute Gasteiger partial charge is 0.384 e. The first-order valence-corrected chi connectivity index (χ1v) is 8.56. The standard InChI is InChI=1S/C15H14Cl2O4S/c1-20-9-8-11-2-5-13(6-3-11)21-22(18,19)15-10-12(16)4-7-14(15)17/h2-7,10H,8-9H2,1H3. The lowest BCUT2D eigenvalue weighted by Crippen LogP contribution is -2.10. The molecule has 0 aliphatic heterocycles. The third kappa shape index (κ3) is 4.36. The maximum Gasteiger partial charge on any atom is 0.340 e. The van der Waals surface area contributed by atoms with Crippen LogP contribution in [0.1, 0.15) is 5.56 Å². The van der Waals surface area contributed by atoms with Gasteiger partial charge in [-0.15, -0.1) is 0 Å². The van der Waals surface area contributed by atoms with E-state index >= 15 is 0 Å². The summed E-state index contributed by atoms with van der Waals surface area (Å²) in [6, 6.07) is 10.9. The molecule has 22 heavy (non-hydrogen) atoms. The molecule has 0 heterocycles. The van der Waals surface area contributed by atoms with Crippen LogP contribution in [0.4, 0.5) is 0 Å². The Morgan fingerprint density at radius 2 is 1.73 bits per heavy atom. The van der Waals surface area contributed by atoms with Gasteiger partial charge < -0.3 is 8.92 Å². The van der Waals surface area contributed by atoms with Crippen molar-refractivity contribution in [1.29, 1.82) is 0 Å². The third-order valence-corrected chi connectivity index (χ3v) is 4.85. The van der Waals surface area contributed by atoms with Crippen molar-refractivity contribution in [1.82, 2.24) is 0 Å². The highest BCUT2D eigenvalue weighted by molar-refractivity contribution is 7.87. The average Bonchev–Trinajstić information content (AvgIpc) is 2.48. The molecule has 0 saturated heterocycles. The van der Waals surface area contributed by atoms with Crippen LogP contribution in [0.3, 0.4) is 0 Å². The van der Waals surface area contributed by atoms with Gasteiger partial charge in [-0.25, -0.2) is 0 Å². The Bertz CT molecular complexity index is 743. The van der Waals surface area contributed by atoms with Crippen LogP contribution in [0, 0.1) is 0 Å². The summed E-state index contributed by atoms with van der Waals surface area (Å²) >= 11 is 11.7. The van der Waals surface area contributed by atoms with Crippen molar-refractivity contribution in [2.45, 2.75) is 11.3 Å². The van der Waals surface area contributed by atoms with Gasteiger partial charge in [0, 0.05) is 12.1 Å². The number of benzene rings is 2. The summed E-state index contributed by atoms with van der Waals surface area (Å²) in [5.74, 6) is 0.206. The highest BCUT2D eigenvalue weighted by Gasteiger charge is 2.20. The predicted octanol–water partition coefficient (Wildman–Crippen LogP) is 3.95. The molecule has 0 bridgehead atoms. The molecule has 0 unspecified atom stereocenters. The van der Waals surface area contributed by atoms with Crippen molar-refractivity contribution in [3.05, 3.63) is 58.1 Å². The van der Waals surface area contributed by atoms with E-state index < -0.39 is 10.1 Å². The van der Waals surface area contributed by atoms with Crippen LogP contribution in [0.2, 0.25) is 10.0 Å². The number of halogens is 2. The molecule has 4 nitrogen and oxygen atoms in total. The number of hydrogen-bond donors (Lipinski definition) is 0. The number of methoxy groups -OCH3 is 1. The Balaban J connectivity index is 2.20. The van der Waals surface area contributed by atoms with Gasteiger partial charge in [-0.3, -0.25) is 0 Å². The SMILES string of the molecule is COCCc1ccc(OS(=O)(=O)c2cc(Cl)ccc2Cl)cc1. The zero-order valence-corrected chi connectivity index (χ0v) is 14.1. The summed E-state index contributed by atoms with van der Waals surface area (Å²) in [5.41, 5.74) is 1.02. The first-order valence-electron chi connectivity index (χ1n) is 6.40. The lowest BCUT2D eigenvalue weighted by atomic mass is 10.1. The molecule has 2 aromatic rings. The van der Waals surface area contributed by atoms with Crippen LogP contribution >= 0.6 is 23.2 Å². The molecule has 118 valence electrons. The Labute approximate surface area is 139 Å². The van der Waals surface area contributed by atoms with Gasteiger partial charge in [-0.05, 0) is 42.3 Å². The lowest BCUT2D eigenvalue weighted by Gasteiger charge is -2.09. The van der Waals surface area contributed by atoms with Crippen LogP contribution in [0.5, 0.6) is 5.75 Å². The third-order valence-electron chi connectivity index (χ3n) is 2.89. The van der Waals surface area contributed by atoms with Crippen molar-refractivity contribution < 1.29 is 17.3 Å². The predicted molar refractivity (Wildman–Crippen MR) is 86.3 cm³/mol. The quantitative estimate of drug-likeness (QED) is 0.731. The fraction of sp³-hybridized carbons (Fsp3) is 0.200. The topological polar surface area (TPSA) is 52.6 Å². The molecular weight excluding hydrogens is 347 g/mol. The Morgan fingerprint density at radius 3 is 2.36 bits per heavy atom. The van der Waals surface area contributed by atoms with Crippen LogP contribution in [-0.4, -0.2) is 22.1 Å². The minimum Gasteiger partial charge on any atom is -0.384 e. The van der Waals surface area contributed by atoms with Gasteiger partial charge in [-0.2, -0.15) is 8.42 Å². The van der Waals surface area contributed by atoms with E-state index in [-0.39, 0.29) is 20.7 Å². The molecule has 0 radical (unpaired) electrons. The molecule has 0 saturated carbocycles. The van der Waals surface area contributed by atoms with E-state index in [1.807, 2.05) is 0 Å². The van der Waals surface area contributed by atoms with E-state index in [2.05, 4.69) is 0 Å². The molecule has 0 fully saturated rings. The number of ether oxygens (including phenoxy) is 1. The zero-order chi connectivity index (χ0) is 16.2. The molecule has 2 rings (SSSR count). The molecular formula is C15H14Cl2O4S.